The Kier molecular flexibility index (Phi) is 4.00. The predicted octanol–water partition coefficient (Wildman–Crippen LogP) is 6.19. The molecule has 3 nitrogen and oxygen atoms in total. The molecule has 3 aromatic carbocycles. The predicted molar refractivity (Wildman–Crippen MR) is 104 cm³/mol. The van der Waals surface area contributed by atoms with E-state index >= 15 is 0 Å². The Morgan fingerprint density at radius 2 is 1.62 bits per heavy atom. The zero-order valence-corrected chi connectivity index (χ0v) is 14.9. The summed E-state index contributed by atoms with van der Waals surface area (Å²) in [7, 11) is 0. The van der Waals surface area contributed by atoms with Gasteiger partial charge < -0.3 is 5.32 Å². The minimum atomic E-state index is 0.656. The fourth-order valence-electron chi connectivity index (χ4n) is 2.69. The number of hydrogen-bond acceptors (Lipinski definition) is 2. The first-order valence-corrected chi connectivity index (χ1v) is 8.65. The number of imidazole rings is 1. The van der Waals surface area contributed by atoms with Crippen molar-refractivity contribution in [1.82, 2.24) is 9.55 Å². The van der Waals surface area contributed by atoms with Crippen LogP contribution in [0.5, 0.6) is 0 Å². The van der Waals surface area contributed by atoms with Crippen LogP contribution < -0.4 is 5.32 Å². The van der Waals surface area contributed by atoms with Crippen molar-refractivity contribution in [3.05, 3.63) is 82.3 Å². The molecular formula is C19H13BrClN3. The number of fused-ring (bicyclic) bond motifs is 1. The maximum Gasteiger partial charge on any atom is 0.213 e. The summed E-state index contributed by atoms with van der Waals surface area (Å²) in [6.07, 6.45) is 0. The van der Waals surface area contributed by atoms with Crippen molar-refractivity contribution in [2.75, 3.05) is 5.32 Å². The Hall–Kier alpha value is -2.30. The highest BCUT2D eigenvalue weighted by molar-refractivity contribution is 9.10. The number of nitrogens with one attached hydrogen (secondary N) is 1. The summed E-state index contributed by atoms with van der Waals surface area (Å²) >= 11 is 10.1. The molecule has 24 heavy (non-hydrogen) atoms. The lowest BCUT2D eigenvalue weighted by Crippen LogP contribution is -2.03. The first-order valence-electron chi connectivity index (χ1n) is 7.48. The Bertz CT molecular complexity index is 991. The standard InChI is InChI=1S/C19H13BrClN3/c20-14-9-6-10-15(21)18(14)24-17-12-5-4-11-16(17)23-19(24)22-13-7-2-1-3-8-13/h1-12H,(H,22,23). The molecule has 5 heteroatoms. The molecule has 4 aromatic rings. The van der Waals surface area contributed by atoms with Gasteiger partial charge in [0.15, 0.2) is 0 Å². The summed E-state index contributed by atoms with van der Waals surface area (Å²) in [4.78, 5) is 4.74. The molecular weight excluding hydrogens is 386 g/mol. The van der Waals surface area contributed by atoms with E-state index in [0.29, 0.717) is 5.02 Å². The second-order valence-electron chi connectivity index (χ2n) is 5.32. The van der Waals surface area contributed by atoms with E-state index in [4.69, 9.17) is 16.6 Å². The second kappa shape index (κ2) is 6.30. The number of benzene rings is 3. The molecule has 0 bridgehead atoms. The van der Waals surface area contributed by atoms with Gasteiger partial charge >= 0.3 is 0 Å². The molecule has 118 valence electrons. The number of aromatic nitrogens is 2. The van der Waals surface area contributed by atoms with Gasteiger partial charge in [0.1, 0.15) is 0 Å². The normalized spacial score (nSPS) is 10.9. The molecule has 0 spiro atoms. The molecule has 0 aliphatic heterocycles. The van der Waals surface area contributed by atoms with Gasteiger partial charge in [-0.3, -0.25) is 4.57 Å². The van der Waals surface area contributed by atoms with Crippen molar-refractivity contribution in [3.8, 4) is 5.69 Å². The molecule has 0 amide bonds. The SMILES string of the molecule is Clc1cccc(Br)c1-n1c(Nc2ccccc2)nc2ccccc21. The van der Waals surface area contributed by atoms with Crippen molar-refractivity contribution in [2.24, 2.45) is 0 Å². The molecule has 4 rings (SSSR count). The van der Waals surface area contributed by atoms with E-state index in [0.717, 1.165) is 32.8 Å². The van der Waals surface area contributed by atoms with Gasteiger partial charge in [0, 0.05) is 10.2 Å². The lowest BCUT2D eigenvalue weighted by atomic mass is 10.3. The largest absolute Gasteiger partial charge is 0.325 e. The molecule has 1 heterocycles. The van der Waals surface area contributed by atoms with Crippen molar-refractivity contribution >= 4 is 50.2 Å². The van der Waals surface area contributed by atoms with E-state index in [1.54, 1.807) is 0 Å². The molecule has 1 aromatic heterocycles. The first-order chi connectivity index (χ1) is 11.7. The monoisotopic (exact) mass is 397 g/mol. The van der Waals surface area contributed by atoms with E-state index in [1.807, 2.05) is 77.4 Å². The van der Waals surface area contributed by atoms with Crippen molar-refractivity contribution < 1.29 is 0 Å². The molecule has 1 N–H and O–H groups in total. The van der Waals surface area contributed by atoms with Crippen molar-refractivity contribution in [3.63, 3.8) is 0 Å². The minimum absolute atomic E-state index is 0.656. The van der Waals surface area contributed by atoms with Crippen LogP contribution in [0.15, 0.2) is 77.3 Å². The molecule has 0 radical (unpaired) electrons. The minimum Gasteiger partial charge on any atom is -0.325 e. The summed E-state index contributed by atoms with van der Waals surface area (Å²) in [5.74, 6) is 0.719. The van der Waals surface area contributed by atoms with Crippen LogP contribution in [-0.4, -0.2) is 9.55 Å². The van der Waals surface area contributed by atoms with Crippen molar-refractivity contribution in [2.45, 2.75) is 0 Å². The highest BCUT2D eigenvalue weighted by Crippen LogP contribution is 2.35. The molecule has 0 unspecified atom stereocenters. The van der Waals surface area contributed by atoms with Crippen LogP contribution in [0.2, 0.25) is 5.02 Å². The number of nitrogens with zero attached hydrogens (tertiary/aromatic N) is 2. The van der Waals surface area contributed by atoms with Crippen LogP contribution in [0.4, 0.5) is 11.6 Å². The smallest absolute Gasteiger partial charge is 0.213 e. The molecule has 0 aliphatic rings. The summed E-state index contributed by atoms with van der Waals surface area (Å²) in [5.41, 5.74) is 3.73. The average molecular weight is 399 g/mol. The van der Waals surface area contributed by atoms with Crippen LogP contribution in [0, 0.1) is 0 Å². The van der Waals surface area contributed by atoms with Gasteiger partial charge in [-0.05, 0) is 52.3 Å². The third-order valence-corrected chi connectivity index (χ3v) is 4.70. The fourth-order valence-corrected chi connectivity index (χ4v) is 3.61. The maximum absolute atomic E-state index is 6.49. The van der Waals surface area contributed by atoms with Gasteiger partial charge in [-0.2, -0.15) is 0 Å². The topological polar surface area (TPSA) is 29.9 Å². The summed E-state index contributed by atoms with van der Waals surface area (Å²) in [6.45, 7) is 0. The summed E-state index contributed by atoms with van der Waals surface area (Å²) in [5, 5.41) is 4.04. The molecule has 0 saturated heterocycles. The number of halogens is 2. The van der Waals surface area contributed by atoms with Crippen LogP contribution >= 0.6 is 27.5 Å². The van der Waals surface area contributed by atoms with Gasteiger partial charge in [-0.1, -0.05) is 48.0 Å². The van der Waals surface area contributed by atoms with Crippen LogP contribution in [-0.2, 0) is 0 Å². The quantitative estimate of drug-likeness (QED) is 0.446. The van der Waals surface area contributed by atoms with Gasteiger partial charge in [0.2, 0.25) is 5.95 Å². The van der Waals surface area contributed by atoms with Crippen LogP contribution in [0.1, 0.15) is 0 Å². The van der Waals surface area contributed by atoms with E-state index in [1.165, 1.54) is 0 Å². The van der Waals surface area contributed by atoms with E-state index in [9.17, 15) is 0 Å². The van der Waals surface area contributed by atoms with E-state index < -0.39 is 0 Å². The molecule has 0 aliphatic carbocycles. The number of para-hydroxylation sites is 4. The summed E-state index contributed by atoms with van der Waals surface area (Å²) in [6, 6.07) is 23.7. The Morgan fingerprint density at radius 3 is 2.42 bits per heavy atom. The third-order valence-electron chi connectivity index (χ3n) is 3.75. The van der Waals surface area contributed by atoms with E-state index in [2.05, 4.69) is 21.2 Å². The summed E-state index contributed by atoms with van der Waals surface area (Å²) < 4.78 is 2.95. The lowest BCUT2D eigenvalue weighted by Gasteiger charge is -2.14. The van der Waals surface area contributed by atoms with Gasteiger partial charge in [0.05, 0.1) is 21.7 Å². The average Bonchev–Trinajstić information content (AvgIpc) is 2.94. The zero-order valence-electron chi connectivity index (χ0n) is 12.6. The Morgan fingerprint density at radius 1 is 0.875 bits per heavy atom. The van der Waals surface area contributed by atoms with Crippen LogP contribution in [0.3, 0.4) is 0 Å². The second-order valence-corrected chi connectivity index (χ2v) is 6.58. The molecule has 0 saturated carbocycles. The zero-order chi connectivity index (χ0) is 16.5. The Labute approximate surface area is 153 Å². The van der Waals surface area contributed by atoms with Gasteiger partial charge in [-0.15, -0.1) is 0 Å². The number of hydrogen-bond donors (Lipinski definition) is 1. The third kappa shape index (κ3) is 2.68. The number of rotatable bonds is 3. The molecule has 0 atom stereocenters. The number of anilines is 2. The van der Waals surface area contributed by atoms with Gasteiger partial charge in [0.25, 0.3) is 0 Å². The molecule has 0 fully saturated rings. The van der Waals surface area contributed by atoms with Gasteiger partial charge in [-0.25, -0.2) is 4.98 Å². The van der Waals surface area contributed by atoms with Crippen molar-refractivity contribution in [1.29, 1.82) is 0 Å². The Balaban J connectivity index is 1.97. The van der Waals surface area contributed by atoms with Crippen LogP contribution in [0.25, 0.3) is 16.7 Å². The highest BCUT2D eigenvalue weighted by atomic mass is 79.9. The fraction of sp³-hybridized carbons (Fsp3) is 0. The van der Waals surface area contributed by atoms with E-state index in [-0.39, 0.29) is 0 Å². The highest BCUT2D eigenvalue weighted by Gasteiger charge is 2.17. The lowest BCUT2D eigenvalue weighted by molar-refractivity contribution is 1.09. The maximum atomic E-state index is 6.49. The first kappa shape index (κ1) is 15.2.